The summed E-state index contributed by atoms with van der Waals surface area (Å²) in [5, 5.41) is 0. The van der Waals surface area contributed by atoms with E-state index in [0.717, 1.165) is 11.8 Å². The Hall–Kier alpha value is -0.0400. The number of piperidine rings is 1. The third kappa shape index (κ3) is 8.65. The molecule has 1 aliphatic rings. The molecule has 1 rings (SSSR count). The zero-order chi connectivity index (χ0) is 13.1. The quantitative estimate of drug-likeness (QED) is 0.594. The van der Waals surface area contributed by atoms with Crippen LogP contribution in [0.15, 0.2) is 0 Å². The Morgan fingerprint density at radius 3 is 2.12 bits per heavy atom. The monoisotopic (exact) mass is 241 g/mol. The van der Waals surface area contributed by atoms with Crippen LogP contribution in [-0.4, -0.2) is 24.5 Å². The van der Waals surface area contributed by atoms with E-state index >= 15 is 0 Å². The predicted octanol–water partition coefficient (Wildman–Crippen LogP) is 4.96. The second-order valence-corrected chi connectivity index (χ2v) is 5.63. The summed E-state index contributed by atoms with van der Waals surface area (Å²) < 4.78 is 0. The van der Waals surface area contributed by atoms with E-state index in [-0.39, 0.29) is 0 Å². The first kappa shape index (κ1) is 17.0. The fourth-order valence-corrected chi connectivity index (χ4v) is 2.66. The molecule has 0 N–H and O–H groups in total. The summed E-state index contributed by atoms with van der Waals surface area (Å²) in [6.45, 7) is 15.0. The fraction of sp³-hybridized carbons (Fsp3) is 1.00. The van der Waals surface area contributed by atoms with E-state index in [4.69, 9.17) is 0 Å². The van der Waals surface area contributed by atoms with Crippen LogP contribution in [-0.2, 0) is 0 Å². The molecule has 0 spiro atoms. The molecule has 0 aliphatic carbocycles. The molecule has 1 aliphatic heterocycles. The predicted molar refractivity (Wildman–Crippen MR) is 79.5 cm³/mol. The van der Waals surface area contributed by atoms with E-state index in [9.17, 15) is 0 Å². The first-order valence-electron chi connectivity index (χ1n) is 7.94. The summed E-state index contributed by atoms with van der Waals surface area (Å²) >= 11 is 0. The van der Waals surface area contributed by atoms with Crippen LogP contribution in [0.25, 0.3) is 0 Å². The summed E-state index contributed by atoms with van der Waals surface area (Å²) in [5.74, 6) is 1.88. The maximum absolute atomic E-state index is 2.65. The van der Waals surface area contributed by atoms with Gasteiger partial charge in [-0.05, 0) is 37.8 Å². The van der Waals surface area contributed by atoms with Gasteiger partial charge >= 0.3 is 0 Å². The van der Waals surface area contributed by atoms with Gasteiger partial charge in [0, 0.05) is 6.54 Å². The first-order chi connectivity index (χ1) is 8.22. The molecule has 0 aromatic heterocycles. The van der Waals surface area contributed by atoms with Crippen LogP contribution >= 0.6 is 0 Å². The van der Waals surface area contributed by atoms with Crippen molar-refractivity contribution in [3.63, 3.8) is 0 Å². The van der Waals surface area contributed by atoms with Gasteiger partial charge in [-0.1, -0.05) is 60.3 Å². The Balaban J connectivity index is 0.00000121. The minimum atomic E-state index is 0.835. The highest BCUT2D eigenvalue weighted by Gasteiger charge is 2.18. The van der Waals surface area contributed by atoms with E-state index < -0.39 is 0 Å². The molecular formula is C16H35N. The van der Waals surface area contributed by atoms with Gasteiger partial charge in [0.25, 0.3) is 0 Å². The molecule has 0 amide bonds. The van der Waals surface area contributed by atoms with Crippen molar-refractivity contribution >= 4 is 0 Å². The van der Waals surface area contributed by atoms with E-state index in [1.807, 2.05) is 13.8 Å². The summed E-state index contributed by atoms with van der Waals surface area (Å²) in [6, 6.07) is 0. The lowest BCUT2D eigenvalue weighted by Gasteiger charge is -2.33. The molecule has 17 heavy (non-hydrogen) atoms. The lowest BCUT2D eigenvalue weighted by atomic mass is 9.91. The molecule has 0 bridgehead atoms. The van der Waals surface area contributed by atoms with Crippen LogP contribution in [0.3, 0.4) is 0 Å². The van der Waals surface area contributed by atoms with Crippen LogP contribution in [0.1, 0.15) is 73.1 Å². The van der Waals surface area contributed by atoms with Crippen LogP contribution < -0.4 is 0 Å². The lowest BCUT2D eigenvalue weighted by Crippen LogP contribution is -2.36. The average molecular weight is 241 g/mol. The first-order valence-corrected chi connectivity index (χ1v) is 7.94. The molecule has 0 atom stereocenters. The molecule has 1 heterocycles. The second-order valence-electron chi connectivity index (χ2n) is 5.63. The maximum atomic E-state index is 2.65. The Bertz CT molecular complexity index is 146. The minimum absolute atomic E-state index is 0.835. The van der Waals surface area contributed by atoms with E-state index in [0.29, 0.717) is 0 Å². The van der Waals surface area contributed by atoms with Gasteiger partial charge in [-0.3, -0.25) is 0 Å². The Labute approximate surface area is 110 Å². The molecular weight excluding hydrogens is 206 g/mol. The standard InChI is InChI=1S/C14H29N.C2H6/c1-4-5-6-7-14-8-10-15(11-9-14)12-13(2)3;1-2/h13-14H,4-12H2,1-3H3;1-2H3. The van der Waals surface area contributed by atoms with Gasteiger partial charge in [0.15, 0.2) is 0 Å². The van der Waals surface area contributed by atoms with E-state index in [1.165, 1.54) is 58.2 Å². The molecule has 0 saturated carbocycles. The van der Waals surface area contributed by atoms with Gasteiger partial charge < -0.3 is 4.90 Å². The molecule has 0 radical (unpaired) electrons. The van der Waals surface area contributed by atoms with Gasteiger partial charge in [0.1, 0.15) is 0 Å². The highest BCUT2D eigenvalue weighted by Crippen LogP contribution is 2.23. The third-order valence-electron chi connectivity index (χ3n) is 3.55. The highest BCUT2D eigenvalue weighted by molar-refractivity contribution is 4.72. The molecule has 1 fully saturated rings. The van der Waals surface area contributed by atoms with Gasteiger partial charge in [-0.25, -0.2) is 0 Å². The van der Waals surface area contributed by atoms with Crippen molar-refractivity contribution in [3.05, 3.63) is 0 Å². The SMILES string of the molecule is CC.CCCCCC1CCN(CC(C)C)CC1. The minimum Gasteiger partial charge on any atom is -0.303 e. The Morgan fingerprint density at radius 2 is 1.65 bits per heavy atom. The van der Waals surface area contributed by atoms with Crippen LogP contribution in [0.4, 0.5) is 0 Å². The number of likely N-dealkylation sites (tertiary alicyclic amines) is 1. The van der Waals surface area contributed by atoms with Crippen LogP contribution in [0, 0.1) is 11.8 Å². The van der Waals surface area contributed by atoms with Gasteiger partial charge in [-0.2, -0.15) is 0 Å². The molecule has 104 valence electrons. The van der Waals surface area contributed by atoms with Crippen molar-refractivity contribution < 1.29 is 0 Å². The summed E-state index contributed by atoms with van der Waals surface area (Å²) in [7, 11) is 0. The summed E-state index contributed by atoms with van der Waals surface area (Å²) in [4.78, 5) is 2.65. The number of unbranched alkanes of at least 4 members (excludes halogenated alkanes) is 2. The molecule has 1 saturated heterocycles. The van der Waals surface area contributed by atoms with Gasteiger partial charge in [0.2, 0.25) is 0 Å². The number of rotatable bonds is 6. The normalized spacial score (nSPS) is 18.0. The van der Waals surface area contributed by atoms with Crippen LogP contribution in [0.2, 0.25) is 0 Å². The number of hydrogen-bond donors (Lipinski definition) is 0. The Morgan fingerprint density at radius 1 is 1.06 bits per heavy atom. The van der Waals surface area contributed by atoms with Crippen molar-refractivity contribution in [2.24, 2.45) is 11.8 Å². The zero-order valence-electron chi connectivity index (χ0n) is 13.0. The topological polar surface area (TPSA) is 3.24 Å². The summed E-state index contributed by atoms with van der Waals surface area (Å²) in [5.41, 5.74) is 0. The van der Waals surface area contributed by atoms with Gasteiger partial charge in [-0.15, -0.1) is 0 Å². The zero-order valence-corrected chi connectivity index (χ0v) is 13.0. The molecule has 0 aromatic rings. The van der Waals surface area contributed by atoms with Crippen LogP contribution in [0.5, 0.6) is 0 Å². The molecule has 1 heteroatoms. The largest absolute Gasteiger partial charge is 0.303 e. The van der Waals surface area contributed by atoms with Crippen molar-refractivity contribution in [2.75, 3.05) is 19.6 Å². The lowest BCUT2D eigenvalue weighted by molar-refractivity contribution is 0.162. The maximum Gasteiger partial charge on any atom is 0.000439 e. The molecule has 1 nitrogen and oxygen atoms in total. The third-order valence-corrected chi connectivity index (χ3v) is 3.55. The summed E-state index contributed by atoms with van der Waals surface area (Å²) in [6.07, 6.45) is 8.67. The number of hydrogen-bond acceptors (Lipinski definition) is 1. The Kier molecular flexibility index (Phi) is 11.0. The second kappa shape index (κ2) is 11.1. The van der Waals surface area contributed by atoms with E-state index in [1.54, 1.807) is 0 Å². The van der Waals surface area contributed by atoms with Crippen molar-refractivity contribution in [2.45, 2.75) is 73.1 Å². The smallest absolute Gasteiger partial charge is 0.000439 e. The highest BCUT2D eigenvalue weighted by atomic mass is 15.1. The van der Waals surface area contributed by atoms with E-state index in [2.05, 4.69) is 25.7 Å². The number of nitrogens with zero attached hydrogens (tertiary/aromatic N) is 1. The molecule has 0 aromatic carbocycles. The van der Waals surface area contributed by atoms with Gasteiger partial charge in [0.05, 0.1) is 0 Å². The van der Waals surface area contributed by atoms with Crippen molar-refractivity contribution in [1.82, 2.24) is 4.90 Å². The van der Waals surface area contributed by atoms with Crippen molar-refractivity contribution in [1.29, 1.82) is 0 Å². The molecule has 0 unspecified atom stereocenters. The van der Waals surface area contributed by atoms with Crippen molar-refractivity contribution in [3.8, 4) is 0 Å². The fourth-order valence-electron chi connectivity index (χ4n) is 2.66. The average Bonchev–Trinajstić information content (AvgIpc) is 2.34.